The first-order chi connectivity index (χ1) is 30.9. The van der Waals surface area contributed by atoms with Crippen molar-refractivity contribution in [1.29, 1.82) is 0 Å². The first-order valence-corrected chi connectivity index (χ1v) is 22.6. The number of carboxylic acids is 1. The van der Waals surface area contributed by atoms with Crippen LogP contribution in [0.15, 0.2) is 137 Å². The number of benzene rings is 4. The van der Waals surface area contributed by atoms with Crippen LogP contribution in [0.4, 0.5) is 0 Å². The highest BCUT2D eigenvalue weighted by Gasteiger charge is 2.25. The fraction of sp³-hybridized carbons (Fsp3) is 0.191. The Hall–Kier alpha value is -5.82. The molecule has 18 heteroatoms. The monoisotopic (exact) mass is 1140 g/mol. The number of hydrogen-bond donors (Lipinski definition) is 3. The Bertz CT molecular complexity index is 2850. The number of ether oxygens (including phenoxy) is 3. The summed E-state index contributed by atoms with van der Waals surface area (Å²) < 4.78 is 20.9. The summed E-state index contributed by atoms with van der Waals surface area (Å²) >= 11 is 13.5. The summed E-state index contributed by atoms with van der Waals surface area (Å²) in [5, 5.41) is 14.9. The van der Waals surface area contributed by atoms with Gasteiger partial charge in [0.05, 0.1) is 32.5 Å². The minimum Gasteiger partial charge on any atom is -0.497 e. The van der Waals surface area contributed by atoms with E-state index in [1.807, 2.05) is 24.3 Å². The Balaban J connectivity index is 0.000000244. The van der Waals surface area contributed by atoms with Crippen molar-refractivity contribution in [2.24, 2.45) is 14.1 Å². The number of esters is 1. The van der Waals surface area contributed by atoms with Gasteiger partial charge >= 0.3 is 11.9 Å². The van der Waals surface area contributed by atoms with Gasteiger partial charge in [-0.2, -0.15) is 0 Å². The predicted octanol–water partition coefficient (Wildman–Crippen LogP) is 8.11. The van der Waals surface area contributed by atoms with Gasteiger partial charge in [-0.05, 0) is 135 Å². The van der Waals surface area contributed by atoms with Crippen molar-refractivity contribution >= 4 is 87.5 Å². The van der Waals surface area contributed by atoms with Crippen LogP contribution in [0.1, 0.15) is 31.8 Å². The third-order valence-corrected chi connectivity index (χ3v) is 12.2. The molecular formula is C47H42Br4N4O10. The minimum absolute atomic E-state index is 0.0828. The Morgan fingerprint density at radius 3 is 1.34 bits per heavy atom. The lowest BCUT2D eigenvalue weighted by Crippen LogP contribution is -2.43. The van der Waals surface area contributed by atoms with Crippen LogP contribution in [0.25, 0.3) is 22.3 Å². The number of methoxy groups -OCH3 is 3. The van der Waals surface area contributed by atoms with Crippen LogP contribution in [0, 0.1) is 0 Å². The van der Waals surface area contributed by atoms with Gasteiger partial charge in [0.25, 0.3) is 22.9 Å². The molecule has 4 aromatic carbocycles. The third-order valence-electron chi connectivity index (χ3n) is 9.94. The smallest absolute Gasteiger partial charge is 0.328 e. The molecule has 0 aliphatic heterocycles. The highest BCUT2D eigenvalue weighted by molar-refractivity contribution is 9.11. The van der Waals surface area contributed by atoms with Gasteiger partial charge in [-0.3, -0.25) is 19.2 Å². The second kappa shape index (κ2) is 22.9. The number of carboxylic acid groups (broad SMARTS) is 1. The van der Waals surface area contributed by atoms with Crippen LogP contribution in [0.3, 0.4) is 0 Å². The normalized spacial score (nSPS) is 11.6. The predicted molar refractivity (Wildman–Crippen MR) is 261 cm³/mol. The maximum atomic E-state index is 12.8. The molecule has 2 atom stereocenters. The van der Waals surface area contributed by atoms with Crippen molar-refractivity contribution < 1.29 is 38.5 Å². The fourth-order valence-electron chi connectivity index (χ4n) is 6.49. The van der Waals surface area contributed by atoms with Crippen LogP contribution in [0.5, 0.6) is 11.5 Å². The zero-order valence-corrected chi connectivity index (χ0v) is 41.8. The number of pyridine rings is 2. The molecule has 0 aliphatic carbocycles. The van der Waals surface area contributed by atoms with E-state index in [4.69, 9.17) is 14.2 Å². The average Bonchev–Trinajstić information content (AvgIpc) is 3.29. The number of halogens is 4. The van der Waals surface area contributed by atoms with Gasteiger partial charge in [0.15, 0.2) is 0 Å². The van der Waals surface area contributed by atoms with E-state index in [-0.39, 0.29) is 29.5 Å². The fourth-order valence-corrected chi connectivity index (χ4v) is 8.41. The number of hydrogen-bond acceptors (Lipinski definition) is 9. The van der Waals surface area contributed by atoms with Crippen molar-refractivity contribution in [3.63, 3.8) is 0 Å². The molecule has 2 aromatic heterocycles. The van der Waals surface area contributed by atoms with Crippen molar-refractivity contribution in [2.45, 2.75) is 24.9 Å². The topological polar surface area (TPSA) is 184 Å². The van der Waals surface area contributed by atoms with Gasteiger partial charge < -0.3 is 39.1 Å². The molecule has 6 aromatic rings. The minimum atomic E-state index is -1.15. The van der Waals surface area contributed by atoms with Gasteiger partial charge in [0.1, 0.15) is 23.6 Å². The van der Waals surface area contributed by atoms with Crippen LogP contribution < -0.4 is 31.2 Å². The van der Waals surface area contributed by atoms with E-state index in [2.05, 4.69) is 74.4 Å². The van der Waals surface area contributed by atoms with Gasteiger partial charge in [0.2, 0.25) is 0 Å². The number of aromatic nitrogens is 2. The Kier molecular flexibility index (Phi) is 17.7. The maximum Gasteiger partial charge on any atom is 0.328 e. The molecule has 0 fully saturated rings. The number of carbonyl (C=O) groups excluding carboxylic acids is 3. The molecule has 2 amide bonds. The number of nitrogens with zero attached hydrogens (tertiary/aromatic N) is 2. The van der Waals surface area contributed by atoms with Gasteiger partial charge in [0, 0.05) is 68.3 Å². The molecule has 0 bridgehead atoms. The molecule has 338 valence electrons. The summed E-state index contributed by atoms with van der Waals surface area (Å²) in [7, 11) is 7.63. The first kappa shape index (κ1) is 50.2. The van der Waals surface area contributed by atoms with E-state index in [1.54, 1.807) is 93.2 Å². The quantitative estimate of drug-likeness (QED) is 0.0901. The van der Waals surface area contributed by atoms with Gasteiger partial charge in [-0.15, -0.1) is 0 Å². The van der Waals surface area contributed by atoms with E-state index in [0.29, 0.717) is 48.3 Å². The highest BCUT2D eigenvalue weighted by Crippen LogP contribution is 2.26. The summed E-state index contributed by atoms with van der Waals surface area (Å²) in [5.41, 5.74) is 4.41. The summed E-state index contributed by atoms with van der Waals surface area (Å²) in [4.78, 5) is 74.6. The van der Waals surface area contributed by atoms with Crippen molar-refractivity contribution in [2.75, 3.05) is 21.3 Å². The van der Waals surface area contributed by atoms with Crippen LogP contribution in [-0.4, -0.2) is 71.4 Å². The molecule has 0 spiro atoms. The first-order valence-electron chi connectivity index (χ1n) is 19.4. The van der Waals surface area contributed by atoms with E-state index < -0.39 is 35.8 Å². The molecule has 0 saturated heterocycles. The van der Waals surface area contributed by atoms with Crippen molar-refractivity contribution in [3.8, 4) is 33.8 Å². The molecule has 65 heavy (non-hydrogen) atoms. The second-order valence-electron chi connectivity index (χ2n) is 14.4. The zero-order chi connectivity index (χ0) is 47.5. The summed E-state index contributed by atoms with van der Waals surface area (Å²) in [6, 6.07) is 25.6. The zero-order valence-electron chi connectivity index (χ0n) is 35.5. The molecule has 0 aliphatic rings. The number of amides is 2. The van der Waals surface area contributed by atoms with Crippen LogP contribution >= 0.6 is 63.7 Å². The van der Waals surface area contributed by atoms with Crippen molar-refractivity contribution in [3.05, 3.63) is 170 Å². The van der Waals surface area contributed by atoms with E-state index in [1.165, 1.54) is 36.5 Å². The largest absolute Gasteiger partial charge is 0.497 e. The lowest BCUT2D eigenvalue weighted by atomic mass is 10.0. The number of carbonyl (C=O) groups is 4. The van der Waals surface area contributed by atoms with Gasteiger partial charge in [-0.25, -0.2) is 9.59 Å². The summed E-state index contributed by atoms with van der Waals surface area (Å²) in [6.45, 7) is 0. The molecule has 2 unspecified atom stereocenters. The lowest BCUT2D eigenvalue weighted by Gasteiger charge is -2.18. The third kappa shape index (κ3) is 13.1. The molecule has 2 heterocycles. The molecule has 0 saturated carbocycles. The van der Waals surface area contributed by atoms with Crippen LogP contribution in [0.2, 0.25) is 0 Å². The SMILES string of the molecule is COC(=O)C(Cc1ccc(-c2cc(Br)cn(C)c2=O)cc1)NC(=O)c1cc(OC)ccc1Br.COc1ccc(Br)c(C(=O)NC(Cc2ccc(-c3cc(Br)cn(C)c3=O)cc2)C(=O)O)c1. The average molecular weight is 1140 g/mol. The standard InChI is InChI=1S/C24H22Br2N2O5.C23H20Br2N2O5/c1-28-13-16(25)11-18(23(28)30)15-6-4-14(5-7-15)10-21(24(31)33-3)27-22(29)19-12-17(32-2)8-9-20(19)26;1-27-12-15(24)10-17(22(27)29)14-5-3-13(4-6-14)9-20(23(30)31)26-21(28)18-11-16(32-2)7-8-19(18)25/h4-9,11-13,21H,10H2,1-3H3,(H,27,29);3-8,10-12,20H,9H2,1-2H3,(H,26,28)(H,30,31). The molecule has 6 rings (SSSR count). The van der Waals surface area contributed by atoms with Crippen molar-refractivity contribution in [1.82, 2.24) is 19.8 Å². The number of nitrogens with one attached hydrogen (secondary N) is 2. The van der Waals surface area contributed by atoms with E-state index in [9.17, 15) is 33.9 Å². The second-order valence-corrected chi connectivity index (χ2v) is 17.9. The Morgan fingerprint density at radius 2 is 0.969 bits per heavy atom. The molecule has 0 radical (unpaired) electrons. The van der Waals surface area contributed by atoms with Gasteiger partial charge in [-0.1, -0.05) is 48.5 Å². The summed E-state index contributed by atoms with van der Waals surface area (Å²) in [5.74, 6) is -1.68. The number of aryl methyl sites for hydroxylation is 2. The highest BCUT2D eigenvalue weighted by atomic mass is 79.9. The molecule has 14 nitrogen and oxygen atoms in total. The van der Waals surface area contributed by atoms with Crippen LogP contribution in [-0.2, 0) is 41.3 Å². The number of rotatable bonds is 14. The summed E-state index contributed by atoms with van der Waals surface area (Å²) in [6.07, 6.45) is 3.68. The molecule has 3 N–H and O–H groups in total. The molecular weight excluding hydrogens is 1100 g/mol. The van der Waals surface area contributed by atoms with E-state index >= 15 is 0 Å². The Labute approximate surface area is 407 Å². The van der Waals surface area contributed by atoms with E-state index in [0.717, 1.165) is 20.1 Å². The maximum absolute atomic E-state index is 12.8. The number of aliphatic carboxylic acids is 1. The Morgan fingerprint density at radius 1 is 0.585 bits per heavy atom. The lowest BCUT2D eigenvalue weighted by molar-refractivity contribution is -0.143.